The molecule has 2 rings (SSSR count). The number of rotatable bonds is 4. The predicted molar refractivity (Wildman–Crippen MR) is 69.7 cm³/mol. The van der Waals surface area contributed by atoms with E-state index in [4.69, 9.17) is 11.6 Å². The summed E-state index contributed by atoms with van der Waals surface area (Å²) in [6, 6.07) is 2.29. The lowest BCUT2D eigenvalue weighted by Crippen LogP contribution is -2.21. The van der Waals surface area contributed by atoms with Crippen LogP contribution in [0.5, 0.6) is 0 Å². The average Bonchev–Trinajstić information content (AvgIpc) is 2.86. The van der Waals surface area contributed by atoms with Crippen molar-refractivity contribution in [1.29, 1.82) is 0 Å². The first kappa shape index (κ1) is 13.8. The van der Waals surface area contributed by atoms with Crippen molar-refractivity contribution < 1.29 is 8.78 Å². The maximum Gasteiger partial charge on any atom is 0.165 e. The minimum Gasteiger partial charge on any atom is -0.313 e. The van der Waals surface area contributed by atoms with Crippen LogP contribution in [0.15, 0.2) is 12.1 Å². The van der Waals surface area contributed by atoms with Crippen molar-refractivity contribution in [1.82, 2.24) is 5.32 Å². The zero-order valence-corrected chi connectivity index (χ0v) is 11.2. The Morgan fingerprint density at radius 1 is 1.33 bits per heavy atom. The molecule has 1 nitrogen and oxygen atoms in total. The molecule has 4 heteroatoms. The third-order valence-corrected chi connectivity index (χ3v) is 4.15. The van der Waals surface area contributed by atoms with Gasteiger partial charge in [-0.2, -0.15) is 0 Å². The van der Waals surface area contributed by atoms with Gasteiger partial charge < -0.3 is 5.32 Å². The minimum atomic E-state index is -0.832. The summed E-state index contributed by atoms with van der Waals surface area (Å²) >= 11 is 6.01. The fourth-order valence-corrected chi connectivity index (χ4v) is 3.10. The second-order valence-corrected chi connectivity index (χ2v) is 5.39. The molecule has 1 fully saturated rings. The van der Waals surface area contributed by atoms with Crippen molar-refractivity contribution in [3.63, 3.8) is 0 Å². The van der Waals surface area contributed by atoms with Gasteiger partial charge in [0.15, 0.2) is 11.6 Å². The lowest BCUT2D eigenvalue weighted by Gasteiger charge is -2.22. The molecule has 1 aromatic carbocycles. The highest BCUT2D eigenvalue weighted by Gasteiger charge is 2.25. The highest BCUT2D eigenvalue weighted by atomic mass is 35.5. The Bertz CT molecular complexity index is 417. The van der Waals surface area contributed by atoms with E-state index in [-0.39, 0.29) is 11.6 Å². The molecule has 0 spiro atoms. The van der Waals surface area contributed by atoms with E-state index < -0.39 is 11.6 Å². The SMILES string of the molecule is CNC(CC1CCCC1)c1c(Cl)ccc(F)c1F. The van der Waals surface area contributed by atoms with Crippen LogP contribution in [0, 0.1) is 17.6 Å². The van der Waals surface area contributed by atoms with E-state index in [0.29, 0.717) is 10.9 Å². The third-order valence-electron chi connectivity index (χ3n) is 3.82. The van der Waals surface area contributed by atoms with Crippen LogP contribution in [-0.2, 0) is 0 Å². The van der Waals surface area contributed by atoms with Crippen LogP contribution < -0.4 is 5.32 Å². The Labute approximate surface area is 112 Å². The van der Waals surface area contributed by atoms with Crippen molar-refractivity contribution in [3.05, 3.63) is 34.4 Å². The standard InChI is InChI=1S/C14H18ClF2N/c1-18-12(8-9-4-2-3-5-9)13-10(15)6-7-11(16)14(13)17/h6-7,9,12,18H,2-5,8H2,1H3. The van der Waals surface area contributed by atoms with E-state index in [0.717, 1.165) is 12.5 Å². The average molecular weight is 274 g/mol. The minimum absolute atomic E-state index is 0.212. The fourth-order valence-electron chi connectivity index (χ4n) is 2.82. The quantitative estimate of drug-likeness (QED) is 0.799. The third kappa shape index (κ3) is 2.83. The fraction of sp³-hybridized carbons (Fsp3) is 0.571. The van der Waals surface area contributed by atoms with Crippen LogP contribution >= 0.6 is 11.6 Å². The molecular weight excluding hydrogens is 256 g/mol. The van der Waals surface area contributed by atoms with Gasteiger partial charge >= 0.3 is 0 Å². The van der Waals surface area contributed by atoms with Crippen molar-refractivity contribution in [3.8, 4) is 0 Å². The van der Waals surface area contributed by atoms with Gasteiger partial charge in [0, 0.05) is 16.6 Å². The molecule has 18 heavy (non-hydrogen) atoms. The first-order valence-corrected chi connectivity index (χ1v) is 6.82. The van der Waals surface area contributed by atoms with Crippen molar-refractivity contribution in [2.45, 2.75) is 38.1 Å². The van der Waals surface area contributed by atoms with Crippen LogP contribution in [0.1, 0.15) is 43.7 Å². The van der Waals surface area contributed by atoms with Crippen molar-refractivity contribution in [2.75, 3.05) is 7.05 Å². The molecule has 0 amide bonds. The zero-order chi connectivity index (χ0) is 13.1. The molecule has 1 aliphatic carbocycles. The smallest absolute Gasteiger partial charge is 0.165 e. The Hall–Kier alpha value is -0.670. The van der Waals surface area contributed by atoms with Crippen LogP contribution in [0.4, 0.5) is 8.78 Å². The largest absolute Gasteiger partial charge is 0.313 e. The zero-order valence-electron chi connectivity index (χ0n) is 10.5. The van der Waals surface area contributed by atoms with Gasteiger partial charge in [-0.3, -0.25) is 0 Å². The second-order valence-electron chi connectivity index (χ2n) is 4.98. The van der Waals surface area contributed by atoms with E-state index in [1.807, 2.05) is 0 Å². The van der Waals surface area contributed by atoms with Gasteiger partial charge in [0.05, 0.1) is 0 Å². The van der Waals surface area contributed by atoms with Gasteiger partial charge in [0.2, 0.25) is 0 Å². The molecule has 0 aromatic heterocycles. The molecule has 1 saturated carbocycles. The van der Waals surface area contributed by atoms with Gasteiger partial charge in [0.25, 0.3) is 0 Å². The first-order valence-electron chi connectivity index (χ1n) is 6.44. The number of hydrogen-bond donors (Lipinski definition) is 1. The Morgan fingerprint density at radius 2 is 2.00 bits per heavy atom. The maximum absolute atomic E-state index is 13.9. The van der Waals surface area contributed by atoms with Gasteiger partial charge in [-0.05, 0) is 31.5 Å². The summed E-state index contributed by atoms with van der Waals surface area (Å²) < 4.78 is 27.2. The highest BCUT2D eigenvalue weighted by molar-refractivity contribution is 6.31. The van der Waals surface area contributed by atoms with Crippen LogP contribution in [0.3, 0.4) is 0 Å². The summed E-state index contributed by atoms with van der Waals surface area (Å²) in [5, 5.41) is 3.36. The number of hydrogen-bond acceptors (Lipinski definition) is 1. The van der Waals surface area contributed by atoms with E-state index in [2.05, 4.69) is 5.32 Å². The van der Waals surface area contributed by atoms with Gasteiger partial charge in [-0.25, -0.2) is 8.78 Å². The van der Waals surface area contributed by atoms with Crippen LogP contribution in [-0.4, -0.2) is 7.05 Å². The number of nitrogens with one attached hydrogen (secondary N) is 1. The van der Waals surface area contributed by atoms with E-state index >= 15 is 0 Å². The van der Waals surface area contributed by atoms with Crippen LogP contribution in [0.25, 0.3) is 0 Å². The Balaban J connectivity index is 2.23. The van der Waals surface area contributed by atoms with Gasteiger partial charge in [0.1, 0.15) is 0 Å². The molecule has 0 bridgehead atoms. The van der Waals surface area contributed by atoms with E-state index in [1.165, 1.54) is 31.7 Å². The van der Waals surface area contributed by atoms with Gasteiger partial charge in [-0.1, -0.05) is 37.3 Å². The summed E-state index contributed by atoms with van der Waals surface area (Å²) in [5.74, 6) is -1.07. The predicted octanol–water partition coefficient (Wildman–Crippen LogP) is 4.46. The van der Waals surface area contributed by atoms with Gasteiger partial charge in [-0.15, -0.1) is 0 Å². The molecule has 0 saturated heterocycles. The van der Waals surface area contributed by atoms with E-state index in [9.17, 15) is 8.78 Å². The molecule has 1 N–H and O–H groups in total. The van der Waals surface area contributed by atoms with Crippen LogP contribution in [0.2, 0.25) is 5.02 Å². The lowest BCUT2D eigenvalue weighted by molar-refractivity contribution is 0.395. The summed E-state index contributed by atoms with van der Waals surface area (Å²) in [6.45, 7) is 0. The number of halogens is 3. The molecule has 1 aliphatic rings. The summed E-state index contributed by atoms with van der Waals surface area (Å²) in [4.78, 5) is 0. The molecule has 0 aliphatic heterocycles. The molecule has 0 radical (unpaired) electrons. The molecule has 0 heterocycles. The number of benzene rings is 1. The highest BCUT2D eigenvalue weighted by Crippen LogP contribution is 2.36. The van der Waals surface area contributed by atoms with E-state index in [1.54, 1.807) is 7.05 Å². The maximum atomic E-state index is 13.9. The summed E-state index contributed by atoms with van der Waals surface area (Å²) in [7, 11) is 1.76. The Kier molecular flexibility index (Phi) is 4.57. The molecule has 1 atom stereocenters. The molecule has 1 aromatic rings. The topological polar surface area (TPSA) is 12.0 Å². The van der Waals surface area contributed by atoms with Crippen molar-refractivity contribution in [2.24, 2.45) is 5.92 Å². The van der Waals surface area contributed by atoms with Crippen molar-refractivity contribution >= 4 is 11.6 Å². The Morgan fingerprint density at radius 3 is 2.61 bits per heavy atom. The summed E-state index contributed by atoms with van der Waals surface area (Å²) in [6.07, 6.45) is 5.64. The first-order chi connectivity index (χ1) is 8.63. The lowest BCUT2D eigenvalue weighted by atomic mass is 9.93. The molecule has 1 unspecified atom stereocenters. The summed E-state index contributed by atoms with van der Waals surface area (Å²) in [5.41, 5.74) is 0.270. The second kappa shape index (κ2) is 5.98. The molecule has 100 valence electrons. The monoisotopic (exact) mass is 273 g/mol. The normalized spacial score (nSPS) is 18.2. The molecular formula is C14H18ClF2N.